The van der Waals surface area contributed by atoms with Crippen molar-refractivity contribution in [2.24, 2.45) is 0 Å². The standard InChI is InChI=1S/C13H18N2O3S2/c1-2-18-11(16)7-9-8-19-13(15-9)20-10-5-3-4-6-14-12(10)17/h8,10H,2-7H2,1H3,(H,14,17). The zero-order chi connectivity index (χ0) is 14.4. The van der Waals surface area contributed by atoms with Crippen LogP contribution < -0.4 is 5.32 Å². The third kappa shape index (κ3) is 4.49. The minimum absolute atomic E-state index is 0.0703. The summed E-state index contributed by atoms with van der Waals surface area (Å²) in [5.41, 5.74) is 0.713. The molecule has 110 valence electrons. The van der Waals surface area contributed by atoms with Gasteiger partial charge < -0.3 is 10.1 Å². The highest BCUT2D eigenvalue weighted by atomic mass is 32.2. The van der Waals surface area contributed by atoms with Crippen molar-refractivity contribution < 1.29 is 14.3 Å². The van der Waals surface area contributed by atoms with E-state index in [9.17, 15) is 9.59 Å². The van der Waals surface area contributed by atoms with Crippen LogP contribution in [-0.2, 0) is 20.7 Å². The molecule has 1 aliphatic rings. The lowest BCUT2D eigenvalue weighted by atomic mass is 10.2. The Morgan fingerprint density at radius 3 is 3.25 bits per heavy atom. The highest BCUT2D eigenvalue weighted by Gasteiger charge is 2.23. The number of nitrogens with zero attached hydrogens (tertiary/aromatic N) is 1. The highest BCUT2D eigenvalue weighted by molar-refractivity contribution is 8.02. The summed E-state index contributed by atoms with van der Waals surface area (Å²) in [6, 6.07) is 0. The van der Waals surface area contributed by atoms with E-state index in [1.165, 1.54) is 23.1 Å². The van der Waals surface area contributed by atoms with Crippen LogP contribution >= 0.6 is 23.1 Å². The molecule has 1 aromatic heterocycles. The van der Waals surface area contributed by atoms with E-state index in [-0.39, 0.29) is 23.5 Å². The summed E-state index contributed by atoms with van der Waals surface area (Å²) in [6.45, 7) is 2.93. The van der Waals surface area contributed by atoms with Gasteiger partial charge in [0.2, 0.25) is 5.91 Å². The van der Waals surface area contributed by atoms with Crippen LogP contribution in [0.2, 0.25) is 0 Å². The first kappa shape index (κ1) is 15.3. The van der Waals surface area contributed by atoms with E-state index in [0.29, 0.717) is 12.3 Å². The summed E-state index contributed by atoms with van der Waals surface area (Å²) in [5, 5.41) is 4.70. The van der Waals surface area contributed by atoms with Crippen molar-refractivity contribution in [2.75, 3.05) is 13.2 Å². The van der Waals surface area contributed by atoms with Gasteiger partial charge in [-0.15, -0.1) is 11.3 Å². The van der Waals surface area contributed by atoms with Gasteiger partial charge >= 0.3 is 5.97 Å². The molecule has 1 aliphatic heterocycles. The summed E-state index contributed by atoms with van der Waals surface area (Å²) in [4.78, 5) is 27.6. The second-order valence-corrected chi connectivity index (χ2v) is 6.79. The van der Waals surface area contributed by atoms with Gasteiger partial charge in [-0.25, -0.2) is 4.98 Å². The van der Waals surface area contributed by atoms with Gasteiger partial charge in [-0.1, -0.05) is 18.2 Å². The lowest BCUT2D eigenvalue weighted by Crippen LogP contribution is -2.30. The Hall–Kier alpha value is -1.08. The number of esters is 1. The Labute approximate surface area is 126 Å². The maximum atomic E-state index is 11.9. The first-order chi connectivity index (χ1) is 9.69. The minimum atomic E-state index is -0.262. The predicted octanol–water partition coefficient (Wildman–Crippen LogP) is 2.01. The molecule has 1 amide bonds. The van der Waals surface area contributed by atoms with Crippen LogP contribution in [0.5, 0.6) is 0 Å². The average Bonchev–Trinajstić information content (AvgIpc) is 2.74. The number of rotatable bonds is 5. The van der Waals surface area contributed by atoms with E-state index < -0.39 is 0 Å². The molecule has 0 radical (unpaired) electrons. The number of carbonyl (C=O) groups is 2. The molecule has 0 aliphatic carbocycles. The Bertz CT molecular complexity index is 476. The molecule has 1 fully saturated rings. The van der Waals surface area contributed by atoms with Gasteiger partial charge in [0.15, 0.2) is 4.34 Å². The molecule has 5 nitrogen and oxygen atoms in total. The molecule has 1 N–H and O–H groups in total. The van der Waals surface area contributed by atoms with Gasteiger partial charge in [0, 0.05) is 11.9 Å². The first-order valence-electron chi connectivity index (χ1n) is 6.73. The van der Waals surface area contributed by atoms with E-state index >= 15 is 0 Å². The normalized spacial score (nSPS) is 19.2. The molecule has 1 unspecified atom stereocenters. The second kappa shape index (κ2) is 7.64. The maximum absolute atomic E-state index is 11.9. The third-order valence-corrected chi connectivity index (χ3v) is 5.18. The van der Waals surface area contributed by atoms with Crippen molar-refractivity contribution in [2.45, 2.75) is 42.2 Å². The smallest absolute Gasteiger partial charge is 0.311 e. The topological polar surface area (TPSA) is 68.3 Å². The molecular weight excluding hydrogens is 296 g/mol. The van der Waals surface area contributed by atoms with Crippen molar-refractivity contribution in [3.05, 3.63) is 11.1 Å². The summed E-state index contributed by atoms with van der Waals surface area (Å²) in [7, 11) is 0. The number of nitrogens with one attached hydrogen (secondary N) is 1. The van der Waals surface area contributed by atoms with E-state index in [2.05, 4.69) is 10.3 Å². The summed E-state index contributed by atoms with van der Waals surface area (Å²) < 4.78 is 5.73. The zero-order valence-electron chi connectivity index (χ0n) is 11.4. The number of carbonyl (C=O) groups excluding carboxylic acids is 2. The van der Waals surface area contributed by atoms with Crippen LogP contribution in [0.15, 0.2) is 9.72 Å². The van der Waals surface area contributed by atoms with Crippen LogP contribution in [-0.4, -0.2) is 35.3 Å². The molecule has 20 heavy (non-hydrogen) atoms. The summed E-state index contributed by atoms with van der Waals surface area (Å²) >= 11 is 2.97. The van der Waals surface area contributed by atoms with Gasteiger partial charge in [0.05, 0.1) is 24.0 Å². The molecule has 1 aromatic rings. The van der Waals surface area contributed by atoms with E-state index in [1.54, 1.807) is 6.92 Å². The van der Waals surface area contributed by atoms with Crippen molar-refractivity contribution in [1.29, 1.82) is 0 Å². The number of hydrogen-bond donors (Lipinski definition) is 1. The van der Waals surface area contributed by atoms with Crippen LogP contribution in [0.3, 0.4) is 0 Å². The fourth-order valence-corrected chi connectivity index (χ4v) is 4.08. The molecule has 0 saturated carbocycles. The van der Waals surface area contributed by atoms with Crippen molar-refractivity contribution in [3.63, 3.8) is 0 Å². The van der Waals surface area contributed by atoms with Crippen LogP contribution in [0, 0.1) is 0 Å². The molecule has 7 heteroatoms. The van der Waals surface area contributed by atoms with Crippen LogP contribution in [0.25, 0.3) is 0 Å². The SMILES string of the molecule is CCOC(=O)Cc1csc(SC2CCCCNC2=O)n1. The average molecular weight is 314 g/mol. The number of thioether (sulfide) groups is 1. The zero-order valence-corrected chi connectivity index (χ0v) is 13.0. The highest BCUT2D eigenvalue weighted by Crippen LogP contribution is 2.30. The quantitative estimate of drug-likeness (QED) is 0.842. The number of ether oxygens (including phenoxy) is 1. The van der Waals surface area contributed by atoms with Crippen LogP contribution in [0.4, 0.5) is 0 Å². The molecule has 0 spiro atoms. The third-order valence-electron chi connectivity index (χ3n) is 2.89. The predicted molar refractivity (Wildman–Crippen MR) is 79.0 cm³/mol. The van der Waals surface area contributed by atoms with Gasteiger partial charge in [0.25, 0.3) is 0 Å². The summed E-state index contributed by atoms with van der Waals surface area (Å²) in [5.74, 6) is -0.170. The fourth-order valence-electron chi connectivity index (χ4n) is 1.93. The van der Waals surface area contributed by atoms with Gasteiger partial charge in [-0.05, 0) is 19.8 Å². The van der Waals surface area contributed by atoms with Crippen molar-refractivity contribution >= 4 is 35.0 Å². The summed E-state index contributed by atoms with van der Waals surface area (Å²) in [6.07, 6.45) is 3.16. The monoisotopic (exact) mass is 314 g/mol. The molecule has 0 bridgehead atoms. The number of hydrogen-bond acceptors (Lipinski definition) is 6. The second-order valence-electron chi connectivity index (χ2n) is 4.48. The van der Waals surface area contributed by atoms with Crippen LogP contribution in [0.1, 0.15) is 31.9 Å². The lowest BCUT2D eigenvalue weighted by Gasteiger charge is -2.09. The van der Waals surface area contributed by atoms with Gasteiger partial charge in [-0.3, -0.25) is 9.59 Å². The van der Waals surface area contributed by atoms with E-state index in [1.807, 2.05) is 5.38 Å². The van der Waals surface area contributed by atoms with Crippen molar-refractivity contribution in [3.8, 4) is 0 Å². The molecule has 1 saturated heterocycles. The van der Waals surface area contributed by atoms with Gasteiger partial charge in [0.1, 0.15) is 0 Å². The lowest BCUT2D eigenvalue weighted by molar-refractivity contribution is -0.142. The number of thiazole rings is 1. The largest absolute Gasteiger partial charge is 0.466 e. The Morgan fingerprint density at radius 1 is 1.60 bits per heavy atom. The molecular formula is C13H18N2O3S2. The molecule has 0 aromatic carbocycles. The molecule has 2 rings (SSSR count). The minimum Gasteiger partial charge on any atom is -0.466 e. The number of amides is 1. The molecule has 1 atom stereocenters. The fraction of sp³-hybridized carbons (Fsp3) is 0.615. The Balaban J connectivity index is 1.91. The number of aromatic nitrogens is 1. The van der Waals surface area contributed by atoms with E-state index in [0.717, 1.165) is 30.1 Å². The molecule has 2 heterocycles. The van der Waals surface area contributed by atoms with E-state index in [4.69, 9.17) is 4.74 Å². The Morgan fingerprint density at radius 2 is 2.45 bits per heavy atom. The van der Waals surface area contributed by atoms with Crippen molar-refractivity contribution in [1.82, 2.24) is 10.3 Å². The Kier molecular flexibility index (Phi) is 5.85. The first-order valence-corrected chi connectivity index (χ1v) is 8.49. The maximum Gasteiger partial charge on any atom is 0.311 e. The van der Waals surface area contributed by atoms with Gasteiger partial charge in [-0.2, -0.15) is 0 Å².